The third-order valence-corrected chi connectivity index (χ3v) is 3.71. The van der Waals surface area contributed by atoms with Gasteiger partial charge in [-0.25, -0.2) is 5.48 Å². The van der Waals surface area contributed by atoms with E-state index in [1.54, 1.807) is 5.48 Å². The molecule has 2 aromatic rings. The van der Waals surface area contributed by atoms with Crippen LogP contribution in [-0.2, 0) is 9.59 Å². The Bertz CT molecular complexity index is 684. The molecule has 0 saturated carbocycles. The molecule has 1 aliphatic heterocycles. The third-order valence-electron chi connectivity index (χ3n) is 3.71. The molecule has 1 aliphatic rings. The summed E-state index contributed by atoms with van der Waals surface area (Å²) in [6.07, 6.45) is 0.351. The predicted molar refractivity (Wildman–Crippen MR) is 73.2 cm³/mol. The first kappa shape index (κ1) is 12.6. The van der Waals surface area contributed by atoms with Crippen LogP contribution in [0.5, 0.6) is 0 Å². The zero-order chi connectivity index (χ0) is 14.1. The second-order valence-corrected chi connectivity index (χ2v) is 4.93. The monoisotopic (exact) mass is 270 g/mol. The summed E-state index contributed by atoms with van der Waals surface area (Å²) in [5.41, 5.74) is 2.46. The molecule has 0 radical (unpaired) electrons. The Kier molecular flexibility index (Phi) is 3.12. The van der Waals surface area contributed by atoms with Crippen LogP contribution in [0.4, 0.5) is 0 Å². The van der Waals surface area contributed by atoms with Gasteiger partial charge in [0.2, 0.25) is 5.91 Å². The molecule has 0 bridgehead atoms. The van der Waals surface area contributed by atoms with Crippen molar-refractivity contribution in [2.75, 3.05) is 0 Å². The fourth-order valence-electron chi connectivity index (χ4n) is 2.64. The van der Waals surface area contributed by atoms with Crippen molar-refractivity contribution in [2.24, 2.45) is 0 Å². The molecule has 0 aromatic heterocycles. The Morgan fingerprint density at radius 2 is 1.95 bits per heavy atom. The van der Waals surface area contributed by atoms with Crippen molar-refractivity contribution in [3.63, 3.8) is 0 Å². The highest BCUT2D eigenvalue weighted by molar-refractivity contribution is 5.95. The van der Waals surface area contributed by atoms with Crippen LogP contribution in [0.3, 0.4) is 0 Å². The van der Waals surface area contributed by atoms with Crippen molar-refractivity contribution in [2.45, 2.75) is 18.4 Å². The smallest absolute Gasteiger partial charge is 0.265 e. The second kappa shape index (κ2) is 4.94. The molecular weight excluding hydrogens is 256 g/mol. The van der Waals surface area contributed by atoms with Gasteiger partial charge in [0.1, 0.15) is 6.04 Å². The normalized spacial score (nSPS) is 21.8. The zero-order valence-electron chi connectivity index (χ0n) is 10.7. The van der Waals surface area contributed by atoms with Crippen molar-refractivity contribution in [1.29, 1.82) is 0 Å². The van der Waals surface area contributed by atoms with E-state index in [-0.39, 0.29) is 11.8 Å². The van der Waals surface area contributed by atoms with Gasteiger partial charge >= 0.3 is 0 Å². The van der Waals surface area contributed by atoms with Crippen molar-refractivity contribution >= 4 is 22.6 Å². The van der Waals surface area contributed by atoms with Gasteiger partial charge in [-0.05, 0) is 22.8 Å². The molecule has 2 atom stereocenters. The number of fused-ring (bicyclic) bond motifs is 1. The summed E-state index contributed by atoms with van der Waals surface area (Å²) >= 11 is 0. The lowest BCUT2D eigenvalue weighted by Gasteiger charge is -2.09. The van der Waals surface area contributed by atoms with Gasteiger partial charge < -0.3 is 5.32 Å². The maximum atomic E-state index is 12.0. The maximum Gasteiger partial charge on any atom is 0.265 e. The number of carbonyl (C=O) groups is 2. The minimum Gasteiger partial charge on any atom is -0.344 e. The Hall–Kier alpha value is -2.40. The lowest BCUT2D eigenvalue weighted by atomic mass is 9.93. The van der Waals surface area contributed by atoms with E-state index in [0.717, 1.165) is 16.3 Å². The topological polar surface area (TPSA) is 78.4 Å². The van der Waals surface area contributed by atoms with Gasteiger partial charge in [0.05, 0.1) is 5.92 Å². The average molecular weight is 270 g/mol. The van der Waals surface area contributed by atoms with E-state index < -0.39 is 11.9 Å². The van der Waals surface area contributed by atoms with Crippen molar-refractivity contribution in [1.82, 2.24) is 10.8 Å². The number of carbonyl (C=O) groups excluding carboxylic acids is 2. The van der Waals surface area contributed by atoms with Crippen molar-refractivity contribution in [3.8, 4) is 0 Å². The number of amides is 2. The number of hydroxylamine groups is 1. The quantitative estimate of drug-likeness (QED) is 0.569. The molecule has 3 rings (SSSR count). The first-order chi connectivity index (χ1) is 9.69. The van der Waals surface area contributed by atoms with Crippen LogP contribution in [0.25, 0.3) is 10.8 Å². The summed E-state index contributed by atoms with van der Waals surface area (Å²) in [5, 5.41) is 13.4. The highest BCUT2D eigenvalue weighted by atomic mass is 16.5. The lowest BCUT2D eigenvalue weighted by Crippen LogP contribution is -2.40. The maximum absolute atomic E-state index is 12.0. The molecule has 0 unspecified atom stereocenters. The Labute approximate surface area is 115 Å². The van der Waals surface area contributed by atoms with E-state index in [2.05, 4.69) is 5.32 Å². The number of benzene rings is 2. The molecule has 0 aliphatic carbocycles. The zero-order valence-corrected chi connectivity index (χ0v) is 10.7. The van der Waals surface area contributed by atoms with Gasteiger partial charge in [-0.3, -0.25) is 14.8 Å². The summed E-state index contributed by atoms with van der Waals surface area (Å²) in [6.45, 7) is 0. The molecule has 5 heteroatoms. The predicted octanol–water partition coefficient (Wildman–Crippen LogP) is 1.32. The van der Waals surface area contributed by atoms with Gasteiger partial charge in [-0.1, -0.05) is 42.5 Å². The van der Waals surface area contributed by atoms with Crippen LogP contribution in [0.15, 0.2) is 42.5 Å². The minimum absolute atomic E-state index is 0.186. The van der Waals surface area contributed by atoms with Gasteiger partial charge in [-0.2, -0.15) is 0 Å². The molecule has 0 spiro atoms. The van der Waals surface area contributed by atoms with Crippen LogP contribution in [-0.4, -0.2) is 23.1 Å². The Morgan fingerprint density at radius 3 is 2.70 bits per heavy atom. The molecule has 102 valence electrons. The summed E-state index contributed by atoms with van der Waals surface area (Å²) in [5.74, 6) is -1.13. The second-order valence-electron chi connectivity index (χ2n) is 4.93. The van der Waals surface area contributed by atoms with Crippen LogP contribution in [0.1, 0.15) is 17.9 Å². The minimum atomic E-state index is -0.677. The molecular formula is C15H14N2O3. The summed E-state index contributed by atoms with van der Waals surface area (Å²) in [6, 6.07) is 13.1. The van der Waals surface area contributed by atoms with Crippen LogP contribution >= 0.6 is 0 Å². The van der Waals surface area contributed by atoms with Crippen LogP contribution < -0.4 is 10.8 Å². The van der Waals surface area contributed by atoms with Gasteiger partial charge in [0, 0.05) is 0 Å². The third kappa shape index (κ3) is 2.12. The lowest BCUT2D eigenvalue weighted by molar-refractivity contribution is -0.132. The van der Waals surface area contributed by atoms with Crippen LogP contribution in [0.2, 0.25) is 0 Å². The van der Waals surface area contributed by atoms with E-state index >= 15 is 0 Å². The molecule has 1 saturated heterocycles. The molecule has 2 amide bonds. The molecule has 2 aromatic carbocycles. The summed E-state index contributed by atoms with van der Waals surface area (Å²) in [7, 11) is 0. The van der Waals surface area contributed by atoms with E-state index in [1.807, 2.05) is 42.5 Å². The van der Waals surface area contributed by atoms with Gasteiger partial charge in [0.25, 0.3) is 5.91 Å². The molecule has 1 fully saturated rings. The first-order valence-electron chi connectivity index (χ1n) is 6.42. The van der Waals surface area contributed by atoms with E-state index in [4.69, 9.17) is 5.21 Å². The highest BCUT2D eigenvalue weighted by Gasteiger charge is 2.36. The molecule has 5 nitrogen and oxygen atoms in total. The highest BCUT2D eigenvalue weighted by Crippen LogP contribution is 2.29. The largest absolute Gasteiger partial charge is 0.344 e. The average Bonchev–Trinajstić information content (AvgIpc) is 2.88. The van der Waals surface area contributed by atoms with E-state index in [0.29, 0.717) is 6.42 Å². The van der Waals surface area contributed by atoms with Gasteiger partial charge in [-0.15, -0.1) is 0 Å². The van der Waals surface area contributed by atoms with E-state index in [9.17, 15) is 9.59 Å². The first-order valence-corrected chi connectivity index (χ1v) is 6.42. The Balaban J connectivity index is 1.91. The molecule has 3 N–H and O–H groups in total. The van der Waals surface area contributed by atoms with Crippen molar-refractivity contribution in [3.05, 3.63) is 48.0 Å². The summed E-state index contributed by atoms with van der Waals surface area (Å²) < 4.78 is 0. The van der Waals surface area contributed by atoms with E-state index in [1.165, 1.54) is 0 Å². The SMILES string of the molecule is O=C1N[C@@H](C(=O)NO)C[C@H]1c1ccc2ccccc2c1. The van der Waals surface area contributed by atoms with Crippen molar-refractivity contribution < 1.29 is 14.8 Å². The van der Waals surface area contributed by atoms with Gasteiger partial charge in [0.15, 0.2) is 0 Å². The Morgan fingerprint density at radius 1 is 1.20 bits per heavy atom. The molecule has 20 heavy (non-hydrogen) atoms. The van der Waals surface area contributed by atoms with Crippen LogP contribution in [0, 0.1) is 0 Å². The number of rotatable bonds is 2. The summed E-state index contributed by atoms with van der Waals surface area (Å²) in [4.78, 5) is 23.3. The number of hydrogen-bond donors (Lipinski definition) is 3. The standard InChI is InChI=1S/C15H14N2O3/c18-14-12(8-13(16-14)15(19)17-20)11-6-5-9-3-1-2-4-10(9)7-11/h1-7,12-13,20H,8H2,(H,16,18)(H,17,19)/t12-,13+/m0/s1. The fourth-order valence-corrected chi connectivity index (χ4v) is 2.64. The number of hydrogen-bond acceptors (Lipinski definition) is 3. The fraction of sp³-hybridized carbons (Fsp3) is 0.200. The molecule has 1 heterocycles. The number of nitrogens with one attached hydrogen (secondary N) is 2.